The summed E-state index contributed by atoms with van der Waals surface area (Å²) in [6.45, 7) is 2.41. The Balaban J connectivity index is 2.25. The minimum atomic E-state index is 0.0694. The first-order valence-electron chi connectivity index (χ1n) is 2.72. The summed E-state index contributed by atoms with van der Waals surface area (Å²) < 4.78 is 4.93. The van der Waals surface area contributed by atoms with Crippen LogP contribution in [0.4, 0.5) is 0 Å². The van der Waals surface area contributed by atoms with Gasteiger partial charge in [-0.1, -0.05) is 0 Å². The largest absolute Gasteiger partial charge is 0.785 e. The number of methoxy groups -OCH3 is 1. The monoisotopic (exact) mass is 116 g/mol. The third-order valence-electron chi connectivity index (χ3n) is 1.65. The second-order valence-electron chi connectivity index (χ2n) is 2.11. The Morgan fingerprint density at radius 2 is 2.38 bits per heavy atom. The van der Waals surface area contributed by atoms with E-state index in [9.17, 15) is 5.21 Å². The van der Waals surface area contributed by atoms with Crippen molar-refractivity contribution in [2.45, 2.75) is 19.1 Å². The molecule has 1 aliphatic rings. The number of hydrogen-bond acceptors (Lipinski definition) is 3. The molecule has 1 saturated heterocycles. The van der Waals surface area contributed by atoms with Crippen molar-refractivity contribution in [1.82, 2.24) is 5.06 Å². The lowest BCUT2D eigenvalue weighted by molar-refractivity contribution is -0.0511. The lowest BCUT2D eigenvalue weighted by Gasteiger charge is -2.50. The molecule has 3 heteroatoms. The highest BCUT2D eigenvalue weighted by molar-refractivity contribution is 4.89. The van der Waals surface area contributed by atoms with Gasteiger partial charge in [0.25, 0.3) is 0 Å². The van der Waals surface area contributed by atoms with Crippen LogP contribution < -0.4 is 0 Å². The number of ether oxygens (including phenoxy) is 1. The van der Waals surface area contributed by atoms with Crippen molar-refractivity contribution in [3.8, 4) is 0 Å². The van der Waals surface area contributed by atoms with Gasteiger partial charge in [-0.3, -0.25) is 0 Å². The zero-order valence-corrected chi connectivity index (χ0v) is 5.13. The molecule has 1 unspecified atom stereocenters. The molecule has 0 N–H and O–H groups in total. The summed E-state index contributed by atoms with van der Waals surface area (Å²) >= 11 is 0. The van der Waals surface area contributed by atoms with Crippen molar-refractivity contribution in [2.75, 3.05) is 13.7 Å². The average Bonchev–Trinajstić information content (AvgIpc) is 1.81. The maximum atomic E-state index is 10.4. The van der Waals surface area contributed by atoms with E-state index >= 15 is 0 Å². The fourth-order valence-electron chi connectivity index (χ4n) is 0.815. The van der Waals surface area contributed by atoms with Crippen LogP contribution in [0.2, 0.25) is 0 Å². The van der Waals surface area contributed by atoms with E-state index in [4.69, 9.17) is 4.74 Å². The molecule has 1 rings (SSSR count). The molecule has 0 spiro atoms. The van der Waals surface area contributed by atoms with Crippen LogP contribution in [0.15, 0.2) is 0 Å². The van der Waals surface area contributed by atoms with Gasteiger partial charge in [0.2, 0.25) is 0 Å². The molecule has 0 aromatic rings. The Hall–Kier alpha value is -0.120. The maximum Gasteiger partial charge on any atom is 0.0832 e. The molecule has 2 atom stereocenters. The summed E-state index contributed by atoms with van der Waals surface area (Å²) in [5, 5.41) is 11.5. The zero-order valence-electron chi connectivity index (χ0n) is 5.13. The van der Waals surface area contributed by atoms with Crippen molar-refractivity contribution in [3.63, 3.8) is 0 Å². The van der Waals surface area contributed by atoms with Crippen LogP contribution in [-0.2, 0) is 4.74 Å². The molecule has 0 aliphatic carbocycles. The van der Waals surface area contributed by atoms with E-state index < -0.39 is 0 Å². The first kappa shape index (κ1) is 6.01. The second-order valence-corrected chi connectivity index (χ2v) is 2.11. The van der Waals surface area contributed by atoms with Gasteiger partial charge >= 0.3 is 0 Å². The molecule has 48 valence electrons. The van der Waals surface area contributed by atoms with Crippen LogP contribution >= 0.6 is 0 Å². The Morgan fingerprint density at radius 3 is 2.50 bits per heavy atom. The highest BCUT2D eigenvalue weighted by Gasteiger charge is 2.27. The van der Waals surface area contributed by atoms with Gasteiger partial charge in [0.15, 0.2) is 0 Å². The van der Waals surface area contributed by atoms with Crippen molar-refractivity contribution >= 4 is 0 Å². The minimum absolute atomic E-state index is 0.0694. The van der Waals surface area contributed by atoms with Gasteiger partial charge in [-0.15, -0.1) is 0 Å². The zero-order chi connectivity index (χ0) is 6.15. The quantitative estimate of drug-likeness (QED) is 0.491. The van der Waals surface area contributed by atoms with Gasteiger partial charge in [-0.25, -0.2) is 0 Å². The summed E-state index contributed by atoms with van der Waals surface area (Å²) in [5.74, 6) is 0. The molecule has 3 nitrogen and oxygen atoms in total. The van der Waals surface area contributed by atoms with Gasteiger partial charge in [-0.2, -0.15) is 0 Å². The highest BCUT2D eigenvalue weighted by atomic mass is 16.5. The third kappa shape index (κ3) is 0.727. The molecule has 0 aromatic carbocycles. The topological polar surface area (TPSA) is 35.5 Å². The SMILES string of the molecule is COC1CN([O-])[C@H]1C. The van der Waals surface area contributed by atoms with Gasteiger partial charge in [0.05, 0.1) is 6.10 Å². The standard InChI is InChI=1S/C5H10NO2/c1-4-5(8-2)3-6(4)7/h4-5H,3H2,1-2H3/q-1/t4-,5?/m0/s1. The molecule has 0 aromatic heterocycles. The van der Waals surface area contributed by atoms with Gasteiger partial charge < -0.3 is 15.0 Å². The molecule has 0 saturated carbocycles. The lowest BCUT2D eigenvalue weighted by Crippen LogP contribution is -2.56. The summed E-state index contributed by atoms with van der Waals surface area (Å²) in [7, 11) is 1.63. The average molecular weight is 116 g/mol. The Kier molecular flexibility index (Phi) is 1.51. The van der Waals surface area contributed by atoms with E-state index in [-0.39, 0.29) is 12.1 Å². The summed E-state index contributed by atoms with van der Waals surface area (Å²) in [4.78, 5) is 0. The predicted molar refractivity (Wildman–Crippen MR) is 30.3 cm³/mol. The molecular formula is C5H10NO2-. The smallest absolute Gasteiger partial charge is 0.0832 e. The molecule has 0 radical (unpaired) electrons. The van der Waals surface area contributed by atoms with Crippen LogP contribution in [0.5, 0.6) is 0 Å². The second kappa shape index (κ2) is 2.01. The van der Waals surface area contributed by atoms with E-state index in [1.807, 2.05) is 6.92 Å². The molecule has 0 bridgehead atoms. The van der Waals surface area contributed by atoms with Crippen molar-refractivity contribution in [2.24, 2.45) is 0 Å². The number of nitrogens with zero attached hydrogens (tertiary/aromatic N) is 1. The fourth-order valence-corrected chi connectivity index (χ4v) is 0.815. The van der Waals surface area contributed by atoms with Crippen LogP contribution in [-0.4, -0.2) is 30.9 Å². The Bertz CT molecular complexity index is 86.5. The summed E-state index contributed by atoms with van der Waals surface area (Å²) in [6.07, 6.45) is 0.174. The van der Waals surface area contributed by atoms with Crippen LogP contribution in [0.25, 0.3) is 0 Å². The van der Waals surface area contributed by atoms with E-state index in [1.165, 1.54) is 0 Å². The van der Waals surface area contributed by atoms with Crippen LogP contribution in [0.3, 0.4) is 0 Å². The lowest BCUT2D eigenvalue weighted by atomic mass is 10.1. The van der Waals surface area contributed by atoms with Gasteiger partial charge in [0, 0.05) is 19.7 Å². The van der Waals surface area contributed by atoms with Crippen molar-refractivity contribution in [1.29, 1.82) is 0 Å². The van der Waals surface area contributed by atoms with Gasteiger partial charge in [0.1, 0.15) is 0 Å². The predicted octanol–water partition coefficient (Wildman–Crippen LogP) is 0.203. The van der Waals surface area contributed by atoms with E-state index in [2.05, 4.69) is 0 Å². The molecular weight excluding hydrogens is 106 g/mol. The van der Waals surface area contributed by atoms with Crippen molar-refractivity contribution < 1.29 is 4.74 Å². The minimum Gasteiger partial charge on any atom is -0.785 e. The first-order valence-corrected chi connectivity index (χ1v) is 2.72. The molecule has 1 heterocycles. The third-order valence-corrected chi connectivity index (χ3v) is 1.65. The molecule has 8 heavy (non-hydrogen) atoms. The normalized spacial score (nSPS) is 39.4. The first-order chi connectivity index (χ1) is 3.75. The molecule has 0 amide bonds. The molecule has 1 fully saturated rings. The summed E-state index contributed by atoms with van der Waals surface area (Å²) in [5.41, 5.74) is 0. The van der Waals surface area contributed by atoms with E-state index in [1.54, 1.807) is 7.11 Å². The van der Waals surface area contributed by atoms with E-state index in [0.29, 0.717) is 6.54 Å². The van der Waals surface area contributed by atoms with Crippen LogP contribution in [0.1, 0.15) is 6.92 Å². The Morgan fingerprint density at radius 1 is 1.75 bits per heavy atom. The van der Waals surface area contributed by atoms with Crippen LogP contribution in [0, 0.1) is 5.21 Å². The number of hydroxylamine groups is 2. The van der Waals surface area contributed by atoms with E-state index in [0.717, 1.165) is 5.06 Å². The molecule has 1 aliphatic heterocycles. The van der Waals surface area contributed by atoms with Gasteiger partial charge in [-0.05, 0) is 6.92 Å². The van der Waals surface area contributed by atoms with Crippen molar-refractivity contribution in [3.05, 3.63) is 5.21 Å². The highest BCUT2D eigenvalue weighted by Crippen LogP contribution is 2.17. The Labute approximate surface area is 48.8 Å². The summed E-state index contributed by atoms with van der Waals surface area (Å²) in [6, 6.07) is 0.0694. The fraction of sp³-hybridized carbons (Fsp3) is 1.00. The maximum absolute atomic E-state index is 10.4. The number of hydrogen-bond donors (Lipinski definition) is 0. The number of rotatable bonds is 1.